The molecule has 2 bridgehead atoms. The summed E-state index contributed by atoms with van der Waals surface area (Å²) in [5, 5.41) is 1.09. The van der Waals surface area contributed by atoms with Crippen molar-refractivity contribution in [1.82, 2.24) is 14.2 Å². The highest BCUT2D eigenvalue weighted by Crippen LogP contribution is 2.66. The molecule has 2 saturated carbocycles. The van der Waals surface area contributed by atoms with Gasteiger partial charge in [0.1, 0.15) is 5.75 Å². The molecule has 3 aliphatic heterocycles. The van der Waals surface area contributed by atoms with Gasteiger partial charge in [-0.2, -0.15) is 0 Å². The van der Waals surface area contributed by atoms with E-state index in [-0.39, 0.29) is 35.6 Å². The maximum absolute atomic E-state index is 14.9. The number of hydrogen-bond donors (Lipinski definition) is 1. The highest BCUT2D eigenvalue weighted by molar-refractivity contribution is 7.90. The Kier molecular flexibility index (Phi) is 7.48. The van der Waals surface area contributed by atoms with Crippen LogP contribution in [0.2, 0.25) is 0 Å². The molecule has 47 heavy (non-hydrogen) atoms. The summed E-state index contributed by atoms with van der Waals surface area (Å²) < 4.78 is 41.7. The first kappa shape index (κ1) is 30.9. The number of fused-ring (bicyclic) bond motifs is 9. The molecule has 4 atom stereocenters. The SMILES string of the molecule is COc1ccc2c(c1)C1CC1(C(=O)N1[C@H]3CC[C@H]1COC3)Cn1c-2c(C2CCCCC2)c2ccc(C(=O)NS(=O)(=O)CC(C)C)cc21. The smallest absolute Gasteiger partial charge is 0.264 e. The number of carbonyl (C=O) groups is 2. The van der Waals surface area contributed by atoms with Crippen molar-refractivity contribution in [1.29, 1.82) is 0 Å². The van der Waals surface area contributed by atoms with Crippen LogP contribution in [0.4, 0.5) is 0 Å². The second kappa shape index (κ2) is 11.4. The van der Waals surface area contributed by atoms with Crippen LogP contribution >= 0.6 is 0 Å². The number of benzene rings is 2. The van der Waals surface area contributed by atoms with Gasteiger partial charge < -0.3 is 18.9 Å². The fraction of sp³-hybridized carbons (Fsp3) is 0.568. The Labute approximate surface area is 277 Å². The molecular formula is C37H45N3O6S. The lowest BCUT2D eigenvalue weighted by Gasteiger charge is -2.37. The van der Waals surface area contributed by atoms with Crippen molar-refractivity contribution in [2.45, 2.75) is 95.7 Å². The van der Waals surface area contributed by atoms with Crippen molar-refractivity contribution in [3.8, 4) is 17.0 Å². The summed E-state index contributed by atoms with van der Waals surface area (Å²) >= 11 is 0. The number of sulfonamides is 1. The van der Waals surface area contributed by atoms with Crippen LogP contribution in [0.25, 0.3) is 22.2 Å². The van der Waals surface area contributed by atoms with Gasteiger partial charge in [0.05, 0.1) is 49.3 Å². The number of amides is 2. The Morgan fingerprint density at radius 1 is 1.02 bits per heavy atom. The third-order valence-electron chi connectivity index (χ3n) is 11.5. The van der Waals surface area contributed by atoms with Crippen LogP contribution in [0.5, 0.6) is 5.75 Å². The van der Waals surface area contributed by atoms with E-state index in [0.29, 0.717) is 31.2 Å². The second-order valence-corrected chi connectivity index (χ2v) is 16.8. The third kappa shape index (κ3) is 5.09. The molecule has 4 heterocycles. The van der Waals surface area contributed by atoms with Gasteiger partial charge in [-0.1, -0.05) is 39.2 Å². The molecule has 4 fully saturated rings. The summed E-state index contributed by atoms with van der Waals surface area (Å²) in [6.07, 6.45) is 8.47. The van der Waals surface area contributed by atoms with E-state index in [1.54, 1.807) is 13.2 Å². The van der Waals surface area contributed by atoms with Crippen molar-refractivity contribution in [3.05, 3.63) is 53.1 Å². The number of nitrogens with one attached hydrogen (secondary N) is 1. The molecule has 1 aromatic heterocycles. The summed E-state index contributed by atoms with van der Waals surface area (Å²) in [5.41, 5.74) is 5.31. The first-order valence-electron chi connectivity index (χ1n) is 17.4. The summed E-state index contributed by atoms with van der Waals surface area (Å²) in [6, 6.07) is 12.2. The molecule has 2 saturated heterocycles. The third-order valence-corrected chi connectivity index (χ3v) is 13.1. The molecule has 1 N–H and O–H groups in total. The number of morpholine rings is 1. The average molecular weight is 660 g/mol. The predicted octanol–water partition coefficient (Wildman–Crippen LogP) is 5.96. The minimum atomic E-state index is -3.78. The molecule has 2 amide bonds. The van der Waals surface area contributed by atoms with Gasteiger partial charge in [-0.25, -0.2) is 13.1 Å². The van der Waals surface area contributed by atoms with Crippen LogP contribution in [-0.4, -0.2) is 67.9 Å². The van der Waals surface area contributed by atoms with E-state index in [2.05, 4.69) is 26.3 Å². The van der Waals surface area contributed by atoms with E-state index in [1.165, 1.54) is 24.8 Å². The second-order valence-electron chi connectivity index (χ2n) is 15.0. The van der Waals surface area contributed by atoms with Crippen LogP contribution in [0.15, 0.2) is 36.4 Å². The number of nitrogens with zero attached hydrogens (tertiary/aromatic N) is 2. The summed E-state index contributed by atoms with van der Waals surface area (Å²) in [4.78, 5) is 30.5. The van der Waals surface area contributed by atoms with E-state index in [0.717, 1.165) is 65.6 Å². The van der Waals surface area contributed by atoms with Gasteiger partial charge in [0.2, 0.25) is 15.9 Å². The minimum absolute atomic E-state index is 0.0594. The van der Waals surface area contributed by atoms with Gasteiger partial charge in [0.25, 0.3) is 5.91 Å². The van der Waals surface area contributed by atoms with Crippen LogP contribution in [0.1, 0.15) is 98.5 Å². The lowest BCUT2D eigenvalue weighted by atomic mass is 9.81. The van der Waals surface area contributed by atoms with Crippen molar-refractivity contribution >= 4 is 32.7 Å². The van der Waals surface area contributed by atoms with E-state index >= 15 is 0 Å². The maximum atomic E-state index is 14.9. The van der Waals surface area contributed by atoms with Crippen LogP contribution in [0, 0.1) is 11.3 Å². The highest BCUT2D eigenvalue weighted by Gasteiger charge is 2.65. The number of hydrogen-bond acceptors (Lipinski definition) is 6. The molecule has 5 aliphatic rings. The maximum Gasteiger partial charge on any atom is 0.264 e. The van der Waals surface area contributed by atoms with Crippen molar-refractivity contribution in [2.75, 3.05) is 26.1 Å². The molecule has 2 aromatic carbocycles. The van der Waals surface area contributed by atoms with Crippen LogP contribution in [-0.2, 0) is 26.1 Å². The molecule has 250 valence electrons. The van der Waals surface area contributed by atoms with E-state index < -0.39 is 21.3 Å². The lowest BCUT2D eigenvalue weighted by molar-refractivity contribution is -0.147. The Morgan fingerprint density at radius 3 is 2.47 bits per heavy atom. The van der Waals surface area contributed by atoms with E-state index in [1.807, 2.05) is 32.0 Å². The predicted molar refractivity (Wildman–Crippen MR) is 180 cm³/mol. The van der Waals surface area contributed by atoms with Crippen molar-refractivity contribution < 1.29 is 27.5 Å². The molecule has 3 aromatic rings. The fourth-order valence-electron chi connectivity index (χ4n) is 9.32. The largest absolute Gasteiger partial charge is 0.497 e. The molecule has 2 unspecified atom stereocenters. The molecular weight excluding hydrogens is 614 g/mol. The van der Waals surface area contributed by atoms with Crippen LogP contribution in [0.3, 0.4) is 0 Å². The Hall–Kier alpha value is -3.37. The zero-order chi connectivity index (χ0) is 32.7. The lowest BCUT2D eigenvalue weighted by Crippen LogP contribution is -2.52. The normalized spacial score (nSPS) is 26.8. The summed E-state index contributed by atoms with van der Waals surface area (Å²) in [7, 11) is -2.09. The molecule has 0 radical (unpaired) electrons. The van der Waals surface area contributed by atoms with Gasteiger partial charge in [-0.3, -0.25) is 9.59 Å². The number of carbonyl (C=O) groups excluding carboxylic acids is 2. The zero-order valence-electron chi connectivity index (χ0n) is 27.6. The van der Waals surface area contributed by atoms with Crippen molar-refractivity contribution in [2.24, 2.45) is 11.3 Å². The standard InChI is InChI=1S/C37H45N3O6S/c1-22(2)20-47(43,44)38-35(41)24-9-13-29-32(15-24)39-21-37(36(42)40-25-10-11-26(40)19-46-18-25)17-31(37)30-16-27(45-3)12-14-28(30)34(39)33(29)23-7-5-4-6-8-23/h9,12-16,22-23,25-26,31H,4-8,10-11,17-21H2,1-3H3,(H,38,41)/t25-,26-,31?,37?/m0/s1. The number of aromatic nitrogens is 1. The monoisotopic (exact) mass is 659 g/mol. The Bertz CT molecular complexity index is 1860. The number of ether oxygens (including phenoxy) is 2. The van der Waals surface area contributed by atoms with E-state index in [9.17, 15) is 18.0 Å². The molecule has 0 spiro atoms. The quantitative estimate of drug-likeness (QED) is 0.336. The van der Waals surface area contributed by atoms with Crippen LogP contribution < -0.4 is 9.46 Å². The summed E-state index contributed by atoms with van der Waals surface area (Å²) in [6.45, 7) is 5.33. The average Bonchev–Trinajstić information content (AvgIpc) is 3.65. The van der Waals surface area contributed by atoms with Gasteiger partial charge in [-0.15, -0.1) is 0 Å². The molecule has 9 nitrogen and oxygen atoms in total. The highest BCUT2D eigenvalue weighted by atomic mass is 32.2. The Balaban J connectivity index is 1.31. The Morgan fingerprint density at radius 2 is 1.77 bits per heavy atom. The number of rotatable bonds is 7. The topological polar surface area (TPSA) is 107 Å². The first-order chi connectivity index (χ1) is 22.6. The van der Waals surface area contributed by atoms with E-state index in [4.69, 9.17) is 9.47 Å². The zero-order valence-corrected chi connectivity index (χ0v) is 28.4. The van der Waals surface area contributed by atoms with Crippen molar-refractivity contribution in [3.63, 3.8) is 0 Å². The fourth-order valence-corrected chi connectivity index (χ4v) is 10.7. The summed E-state index contributed by atoms with van der Waals surface area (Å²) in [5.74, 6) is 0.569. The van der Waals surface area contributed by atoms with Gasteiger partial charge in [0, 0.05) is 34.5 Å². The first-order valence-corrected chi connectivity index (χ1v) is 19.0. The number of methoxy groups -OCH3 is 1. The minimum Gasteiger partial charge on any atom is -0.497 e. The molecule has 2 aliphatic carbocycles. The molecule has 8 rings (SSSR count). The molecule has 10 heteroatoms. The van der Waals surface area contributed by atoms with Gasteiger partial charge in [0.15, 0.2) is 0 Å². The van der Waals surface area contributed by atoms with Gasteiger partial charge in [-0.05, 0) is 85.4 Å². The van der Waals surface area contributed by atoms with Gasteiger partial charge >= 0.3 is 0 Å².